The molecule has 0 fully saturated rings. The van der Waals surface area contributed by atoms with Gasteiger partial charge in [-0.15, -0.1) is 0 Å². The van der Waals surface area contributed by atoms with E-state index in [0.29, 0.717) is 5.69 Å². The van der Waals surface area contributed by atoms with Crippen LogP contribution in [0.15, 0.2) is 53.4 Å². The molecule has 5 N–H and O–H groups in total. The number of aryl methyl sites for hydroxylation is 1. The first-order valence-electron chi connectivity index (χ1n) is 5.45. The lowest BCUT2D eigenvalue weighted by molar-refractivity contribution is 0.483. The van der Waals surface area contributed by atoms with Gasteiger partial charge in [-0.05, 0) is 36.8 Å². The van der Waals surface area contributed by atoms with Gasteiger partial charge in [0, 0.05) is 11.4 Å². The number of hydrogen-bond donors (Lipinski definition) is 3. The van der Waals surface area contributed by atoms with Crippen molar-refractivity contribution in [2.45, 2.75) is 11.8 Å². The molecule has 0 bridgehead atoms. The zero-order valence-electron chi connectivity index (χ0n) is 10.4. The van der Waals surface area contributed by atoms with Crippen LogP contribution in [0.1, 0.15) is 5.56 Å². The molecular weight excluding hydrogens is 264 g/mol. The van der Waals surface area contributed by atoms with Crippen molar-refractivity contribution in [3.05, 3.63) is 54.1 Å². The van der Waals surface area contributed by atoms with Crippen molar-refractivity contribution >= 4 is 21.5 Å². The molecule has 0 saturated carbocycles. The molecule has 0 spiro atoms. The van der Waals surface area contributed by atoms with E-state index in [-0.39, 0.29) is 4.90 Å². The Morgan fingerprint density at radius 3 is 2.00 bits per heavy atom. The Kier molecular flexibility index (Phi) is 4.91. The standard InChI is InChI=1S/C7H9N.C6H7NO3S/c1-6-4-2-3-5-7(6)8;7-5-2-1-3-6(4-5)11(8,9)10/h2-5H,8H2,1H3;1-4H,7H2,(H,8,9,10). The van der Waals surface area contributed by atoms with Gasteiger partial charge in [0.05, 0.1) is 4.90 Å². The van der Waals surface area contributed by atoms with Crippen LogP contribution in [0.25, 0.3) is 0 Å². The average Bonchev–Trinajstić information content (AvgIpc) is 2.33. The maximum absolute atomic E-state index is 10.5. The smallest absolute Gasteiger partial charge is 0.294 e. The molecule has 19 heavy (non-hydrogen) atoms. The van der Waals surface area contributed by atoms with E-state index in [0.717, 1.165) is 11.3 Å². The molecule has 5 nitrogen and oxygen atoms in total. The largest absolute Gasteiger partial charge is 0.399 e. The minimum absolute atomic E-state index is 0.183. The highest BCUT2D eigenvalue weighted by molar-refractivity contribution is 7.85. The maximum atomic E-state index is 10.5. The molecule has 0 aromatic heterocycles. The first-order chi connectivity index (χ1) is 8.80. The molecular formula is C13H16N2O3S. The van der Waals surface area contributed by atoms with Crippen molar-refractivity contribution in [1.82, 2.24) is 0 Å². The van der Waals surface area contributed by atoms with Crippen molar-refractivity contribution in [2.75, 3.05) is 11.5 Å². The van der Waals surface area contributed by atoms with Crippen molar-refractivity contribution < 1.29 is 13.0 Å². The molecule has 6 heteroatoms. The van der Waals surface area contributed by atoms with Crippen molar-refractivity contribution in [1.29, 1.82) is 0 Å². The van der Waals surface area contributed by atoms with Crippen molar-refractivity contribution in [3.8, 4) is 0 Å². The summed E-state index contributed by atoms with van der Waals surface area (Å²) in [5.74, 6) is 0. The van der Waals surface area contributed by atoms with Gasteiger partial charge in [0.15, 0.2) is 0 Å². The van der Waals surface area contributed by atoms with Gasteiger partial charge in [-0.1, -0.05) is 24.3 Å². The van der Waals surface area contributed by atoms with Crippen LogP contribution in [0.2, 0.25) is 0 Å². The lowest BCUT2D eigenvalue weighted by atomic mass is 10.2. The molecule has 0 unspecified atom stereocenters. The molecule has 102 valence electrons. The Balaban J connectivity index is 0.000000200. The van der Waals surface area contributed by atoms with Crippen LogP contribution in [0, 0.1) is 6.92 Å². The number of anilines is 2. The molecule has 0 aliphatic rings. The second-order valence-electron chi connectivity index (χ2n) is 3.90. The fraction of sp³-hybridized carbons (Fsp3) is 0.0769. The molecule has 0 aliphatic carbocycles. The summed E-state index contributed by atoms with van der Waals surface area (Å²) >= 11 is 0. The highest BCUT2D eigenvalue weighted by Crippen LogP contribution is 2.11. The third-order valence-corrected chi connectivity index (χ3v) is 3.19. The molecule has 0 saturated heterocycles. The number of nitrogen functional groups attached to an aromatic ring is 2. The number of rotatable bonds is 1. The monoisotopic (exact) mass is 280 g/mol. The lowest BCUT2D eigenvalue weighted by Gasteiger charge is -1.96. The average molecular weight is 280 g/mol. The highest BCUT2D eigenvalue weighted by atomic mass is 32.2. The van der Waals surface area contributed by atoms with E-state index in [2.05, 4.69) is 0 Å². The van der Waals surface area contributed by atoms with E-state index in [9.17, 15) is 8.42 Å². The summed E-state index contributed by atoms with van der Waals surface area (Å²) in [6.07, 6.45) is 0. The Morgan fingerprint density at radius 1 is 1.00 bits per heavy atom. The van der Waals surface area contributed by atoms with E-state index in [1.54, 1.807) is 0 Å². The van der Waals surface area contributed by atoms with Gasteiger partial charge >= 0.3 is 0 Å². The number of nitrogens with two attached hydrogens (primary N) is 2. The molecule has 2 aromatic rings. The quantitative estimate of drug-likeness (QED) is 0.548. The molecule has 2 rings (SSSR count). The van der Waals surface area contributed by atoms with Crippen LogP contribution in [-0.4, -0.2) is 13.0 Å². The van der Waals surface area contributed by atoms with E-state index in [1.807, 2.05) is 31.2 Å². The van der Waals surface area contributed by atoms with E-state index in [4.69, 9.17) is 16.0 Å². The molecule has 0 amide bonds. The van der Waals surface area contributed by atoms with Gasteiger partial charge in [0.2, 0.25) is 0 Å². The van der Waals surface area contributed by atoms with Crippen LogP contribution < -0.4 is 11.5 Å². The second kappa shape index (κ2) is 6.21. The van der Waals surface area contributed by atoms with E-state index < -0.39 is 10.1 Å². The van der Waals surface area contributed by atoms with Crippen molar-refractivity contribution in [2.24, 2.45) is 0 Å². The van der Waals surface area contributed by atoms with Gasteiger partial charge in [-0.3, -0.25) is 4.55 Å². The first kappa shape index (κ1) is 15.0. The minimum atomic E-state index is -4.11. The van der Waals surface area contributed by atoms with Gasteiger partial charge in [0.25, 0.3) is 10.1 Å². The lowest BCUT2D eigenvalue weighted by Crippen LogP contribution is -1.98. The Bertz CT molecular complexity index is 633. The summed E-state index contributed by atoms with van der Waals surface area (Å²) in [7, 11) is -4.11. The zero-order chi connectivity index (χ0) is 14.5. The minimum Gasteiger partial charge on any atom is -0.399 e. The van der Waals surface area contributed by atoms with Crippen LogP contribution in [0.4, 0.5) is 11.4 Å². The molecule has 0 radical (unpaired) electrons. The Morgan fingerprint density at radius 2 is 1.63 bits per heavy atom. The van der Waals surface area contributed by atoms with Crippen LogP contribution in [-0.2, 0) is 10.1 Å². The fourth-order valence-electron chi connectivity index (χ4n) is 1.26. The number of hydrogen-bond acceptors (Lipinski definition) is 4. The molecule has 2 aromatic carbocycles. The zero-order valence-corrected chi connectivity index (χ0v) is 11.3. The SMILES string of the molecule is Cc1ccccc1N.Nc1cccc(S(=O)(=O)O)c1. The van der Waals surface area contributed by atoms with Gasteiger partial charge in [-0.25, -0.2) is 0 Å². The van der Waals surface area contributed by atoms with Crippen LogP contribution in [0.5, 0.6) is 0 Å². The number of para-hydroxylation sites is 1. The fourth-order valence-corrected chi connectivity index (χ4v) is 1.80. The van der Waals surface area contributed by atoms with Crippen molar-refractivity contribution in [3.63, 3.8) is 0 Å². The Hall–Kier alpha value is -2.05. The Labute approximate surface area is 112 Å². The van der Waals surface area contributed by atoms with Gasteiger partial charge in [0.1, 0.15) is 0 Å². The summed E-state index contributed by atoms with van der Waals surface area (Å²) in [6, 6.07) is 13.3. The van der Waals surface area contributed by atoms with E-state index >= 15 is 0 Å². The summed E-state index contributed by atoms with van der Waals surface area (Å²) in [5.41, 5.74) is 13.1. The number of benzene rings is 2. The maximum Gasteiger partial charge on any atom is 0.294 e. The predicted octanol–water partition coefficient (Wildman–Crippen LogP) is 2.09. The normalized spacial score (nSPS) is 10.4. The van der Waals surface area contributed by atoms with Crippen LogP contribution >= 0.6 is 0 Å². The summed E-state index contributed by atoms with van der Waals surface area (Å²) < 4.78 is 29.5. The molecule has 0 aliphatic heterocycles. The van der Waals surface area contributed by atoms with E-state index in [1.165, 1.54) is 24.3 Å². The summed E-state index contributed by atoms with van der Waals surface area (Å²) in [5, 5.41) is 0. The predicted molar refractivity (Wildman–Crippen MR) is 76.3 cm³/mol. The third-order valence-electron chi connectivity index (χ3n) is 2.34. The van der Waals surface area contributed by atoms with Gasteiger partial charge in [-0.2, -0.15) is 8.42 Å². The summed E-state index contributed by atoms with van der Waals surface area (Å²) in [6.45, 7) is 2.00. The first-order valence-corrected chi connectivity index (χ1v) is 6.89. The van der Waals surface area contributed by atoms with Gasteiger partial charge < -0.3 is 11.5 Å². The summed E-state index contributed by atoms with van der Waals surface area (Å²) in [4.78, 5) is -0.183. The topological polar surface area (TPSA) is 106 Å². The van der Waals surface area contributed by atoms with Crippen LogP contribution in [0.3, 0.4) is 0 Å². The highest BCUT2D eigenvalue weighted by Gasteiger charge is 2.07. The second-order valence-corrected chi connectivity index (χ2v) is 5.33. The third kappa shape index (κ3) is 4.99. The molecule has 0 atom stereocenters. The molecule has 0 heterocycles.